The molecular formula is C16H20ClN5. The van der Waals surface area contributed by atoms with Crippen molar-refractivity contribution in [2.45, 2.75) is 6.42 Å². The highest BCUT2D eigenvalue weighted by atomic mass is 35.5. The van der Waals surface area contributed by atoms with Gasteiger partial charge in [-0.2, -0.15) is 4.98 Å². The second-order valence-electron chi connectivity index (χ2n) is 5.70. The lowest BCUT2D eigenvalue weighted by molar-refractivity contribution is 0.399. The zero-order valence-electron chi connectivity index (χ0n) is 12.6. The number of halogens is 1. The van der Waals surface area contributed by atoms with E-state index in [2.05, 4.69) is 32.5 Å². The molecule has 0 unspecified atom stereocenters. The van der Waals surface area contributed by atoms with Crippen molar-refractivity contribution in [3.05, 3.63) is 41.6 Å². The summed E-state index contributed by atoms with van der Waals surface area (Å²) in [5.41, 5.74) is 0.877. The van der Waals surface area contributed by atoms with Crippen LogP contribution >= 0.6 is 11.6 Å². The number of aromatic nitrogens is 2. The van der Waals surface area contributed by atoms with Gasteiger partial charge in [0.2, 0.25) is 5.95 Å². The number of likely N-dealkylation sites (tertiary alicyclic amines) is 1. The Balaban J connectivity index is 1.60. The summed E-state index contributed by atoms with van der Waals surface area (Å²) in [7, 11) is 2.16. The second-order valence-corrected chi connectivity index (χ2v) is 6.14. The van der Waals surface area contributed by atoms with Crippen LogP contribution in [0, 0.1) is 5.92 Å². The van der Waals surface area contributed by atoms with E-state index in [-0.39, 0.29) is 0 Å². The molecule has 1 aliphatic rings. The largest absolute Gasteiger partial charge is 0.370 e. The first-order valence-electron chi connectivity index (χ1n) is 7.47. The molecule has 0 aliphatic carbocycles. The van der Waals surface area contributed by atoms with E-state index in [0.717, 1.165) is 24.6 Å². The number of nitrogens with one attached hydrogen (secondary N) is 2. The van der Waals surface area contributed by atoms with E-state index in [9.17, 15) is 0 Å². The minimum atomic E-state index is 0.566. The van der Waals surface area contributed by atoms with Gasteiger partial charge in [-0.15, -0.1) is 0 Å². The highest BCUT2D eigenvalue weighted by Gasteiger charge is 2.18. The van der Waals surface area contributed by atoms with Crippen molar-refractivity contribution in [2.75, 3.05) is 37.3 Å². The lowest BCUT2D eigenvalue weighted by Gasteiger charge is -2.13. The third kappa shape index (κ3) is 4.08. The fourth-order valence-corrected chi connectivity index (χ4v) is 2.84. The molecular weight excluding hydrogens is 298 g/mol. The third-order valence-corrected chi connectivity index (χ3v) is 4.03. The van der Waals surface area contributed by atoms with Crippen LogP contribution in [0.1, 0.15) is 6.42 Å². The summed E-state index contributed by atoms with van der Waals surface area (Å²) < 4.78 is 0. The van der Waals surface area contributed by atoms with Crippen molar-refractivity contribution in [3.63, 3.8) is 0 Å². The van der Waals surface area contributed by atoms with Crippen LogP contribution in [0.25, 0.3) is 0 Å². The summed E-state index contributed by atoms with van der Waals surface area (Å²) in [6.45, 7) is 3.27. The number of benzene rings is 1. The van der Waals surface area contributed by atoms with Crippen molar-refractivity contribution < 1.29 is 0 Å². The second kappa shape index (κ2) is 6.94. The quantitative estimate of drug-likeness (QED) is 0.886. The molecule has 0 radical (unpaired) electrons. The molecule has 2 heterocycles. The Labute approximate surface area is 135 Å². The molecule has 116 valence electrons. The summed E-state index contributed by atoms with van der Waals surface area (Å²) in [5.74, 6) is 2.09. The number of nitrogens with zero attached hydrogens (tertiary/aromatic N) is 3. The molecule has 6 heteroatoms. The van der Waals surface area contributed by atoms with Gasteiger partial charge in [-0.1, -0.05) is 17.7 Å². The molecule has 3 rings (SSSR count). The SMILES string of the molecule is CN1CC[C@@H](CNc2ccnc(Nc3cccc(Cl)c3)n2)C1. The minimum Gasteiger partial charge on any atom is -0.370 e. The average molecular weight is 318 g/mol. The Bertz CT molecular complexity index is 633. The molecule has 22 heavy (non-hydrogen) atoms. The molecule has 0 amide bonds. The van der Waals surface area contributed by atoms with Gasteiger partial charge in [-0.25, -0.2) is 4.98 Å². The van der Waals surface area contributed by atoms with E-state index in [4.69, 9.17) is 11.6 Å². The van der Waals surface area contributed by atoms with Gasteiger partial charge in [0.25, 0.3) is 0 Å². The fourth-order valence-electron chi connectivity index (χ4n) is 2.65. The Morgan fingerprint density at radius 1 is 1.36 bits per heavy atom. The Morgan fingerprint density at radius 3 is 3.05 bits per heavy atom. The highest BCUT2D eigenvalue weighted by molar-refractivity contribution is 6.30. The molecule has 0 saturated carbocycles. The van der Waals surface area contributed by atoms with Gasteiger partial charge in [0, 0.05) is 30.0 Å². The molecule has 2 aromatic rings. The molecule has 1 aromatic carbocycles. The van der Waals surface area contributed by atoms with Crippen LogP contribution in [0.4, 0.5) is 17.5 Å². The van der Waals surface area contributed by atoms with Crippen LogP contribution in [-0.2, 0) is 0 Å². The topological polar surface area (TPSA) is 53.1 Å². The molecule has 1 aromatic heterocycles. The summed E-state index contributed by atoms with van der Waals surface area (Å²) in [4.78, 5) is 11.1. The summed E-state index contributed by atoms with van der Waals surface area (Å²) in [6, 6.07) is 9.40. The van der Waals surface area contributed by atoms with Crippen molar-refractivity contribution in [3.8, 4) is 0 Å². The number of hydrogen-bond acceptors (Lipinski definition) is 5. The molecule has 0 bridgehead atoms. The number of rotatable bonds is 5. The molecule has 1 saturated heterocycles. The van der Waals surface area contributed by atoms with Gasteiger partial charge in [0.15, 0.2) is 0 Å². The van der Waals surface area contributed by atoms with Crippen LogP contribution in [0.2, 0.25) is 5.02 Å². The van der Waals surface area contributed by atoms with Crippen molar-refractivity contribution in [1.29, 1.82) is 0 Å². The standard InChI is InChI=1S/C16H20ClN5/c1-22-8-6-12(11-22)10-19-15-5-7-18-16(21-15)20-14-4-2-3-13(17)9-14/h2-5,7,9,12H,6,8,10-11H2,1H3,(H2,18,19,20,21)/t12-/m0/s1. The van der Waals surface area contributed by atoms with E-state index >= 15 is 0 Å². The average Bonchev–Trinajstić information content (AvgIpc) is 2.91. The smallest absolute Gasteiger partial charge is 0.229 e. The fraction of sp³-hybridized carbons (Fsp3) is 0.375. The van der Waals surface area contributed by atoms with Crippen LogP contribution in [-0.4, -0.2) is 41.5 Å². The van der Waals surface area contributed by atoms with Gasteiger partial charge >= 0.3 is 0 Å². The minimum absolute atomic E-state index is 0.566. The monoisotopic (exact) mass is 317 g/mol. The molecule has 1 aliphatic heterocycles. The van der Waals surface area contributed by atoms with Crippen LogP contribution in [0.15, 0.2) is 36.5 Å². The normalized spacial score (nSPS) is 18.4. The Kier molecular flexibility index (Phi) is 4.75. The van der Waals surface area contributed by atoms with E-state index in [0.29, 0.717) is 16.9 Å². The number of anilines is 3. The molecule has 1 fully saturated rings. The van der Waals surface area contributed by atoms with Crippen molar-refractivity contribution in [2.24, 2.45) is 5.92 Å². The molecule has 0 spiro atoms. The summed E-state index contributed by atoms with van der Waals surface area (Å²) in [5, 5.41) is 7.25. The van der Waals surface area contributed by atoms with Gasteiger partial charge in [-0.3, -0.25) is 0 Å². The van der Waals surface area contributed by atoms with E-state index in [1.807, 2.05) is 30.3 Å². The van der Waals surface area contributed by atoms with Crippen molar-refractivity contribution in [1.82, 2.24) is 14.9 Å². The molecule has 5 nitrogen and oxygen atoms in total. The third-order valence-electron chi connectivity index (χ3n) is 3.80. The zero-order chi connectivity index (χ0) is 15.4. The van der Waals surface area contributed by atoms with Crippen LogP contribution < -0.4 is 10.6 Å². The predicted molar refractivity (Wildman–Crippen MR) is 90.9 cm³/mol. The van der Waals surface area contributed by atoms with E-state index in [1.54, 1.807) is 6.20 Å². The Morgan fingerprint density at radius 2 is 2.27 bits per heavy atom. The first-order valence-corrected chi connectivity index (χ1v) is 7.85. The lowest BCUT2D eigenvalue weighted by atomic mass is 10.1. The summed E-state index contributed by atoms with van der Waals surface area (Å²) >= 11 is 5.98. The van der Waals surface area contributed by atoms with E-state index < -0.39 is 0 Å². The van der Waals surface area contributed by atoms with Gasteiger partial charge in [0.05, 0.1) is 0 Å². The maximum Gasteiger partial charge on any atom is 0.229 e. The maximum atomic E-state index is 5.98. The van der Waals surface area contributed by atoms with Crippen LogP contribution in [0.3, 0.4) is 0 Å². The van der Waals surface area contributed by atoms with E-state index in [1.165, 1.54) is 13.0 Å². The molecule has 2 N–H and O–H groups in total. The summed E-state index contributed by atoms with van der Waals surface area (Å²) in [6.07, 6.45) is 2.99. The van der Waals surface area contributed by atoms with Gasteiger partial charge in [0.1, 0.15) is 5.82 Å². The van der Waals surface area contributed by atoms with Crippen molar-refractivity contribution >= 4 is 29.1 Å². The number of hydrogen-bond donors (Lipinski definition) is 2. The predicted octanol–water partition coefficient (Wildman–Crippen LogP) is 3.24. The maximum absolute atomic E-state index is 5.98. The van der Waals surface area contributed by atoms with Gasteiger partial charge < -0.3 is 15.5 Å². The van der Waals surface area contributed by atoms with Crippen LogP contribution in [0.5, 0.6) is 0 Å². The highest BCUT2D eigenvalue weighted by Crippen LogP contribution is 2.19. The molecule has 1 atom stereocenters. The lowest BCUT2D eigenvalue weighted by Crippen LogP contribution is -2.19. The first-order chi connectivity index (χ1) is 10.7. The Hall–Kier alpha value is -1.85. The zero-order valence-corrected chi connectivity index (χ0v) is 13.3. The van der Waals surface area contributed by atoms with Gasteiger partial charge in [-0.05, 0) is 50.2 Å². The first kappa shape index (κ1) is 15.1.